The zero-order valence-corrected chi connectivity index (χ0v) is 15.5. The molecule has 1 aliphatic heterocycles. The number of fused-ring (bicyclic) bond motifs is 1. The van der Waals surface area contributed by atoms with Crippen LogP contribution in [0.25, 0.3) is 10.2 Å². The van der Waals surface area contributed by atoms with Gasteiger partial charge in [0.2, 0.25) is 5.89 Å². The molecule has 0 amide bonds. The average molecular weight is 374 g/mol. The van der Waals surface area contributed by atoms with Crippen molar-refractivity contribution in [2.75, 3.05) is 31.7 Å². The van der Waals surface area contributed by atoms with Crippen molar-refractivity contribution >= 4 is 27.4 Å². The van der Waals surface area contributed by atoms with E-state index in [1.54, 1.807) is 24.8 Å². The molecule has 3 aromatic heterocycles. The molecule has 0 aromatic carbocycles. The molecule has 1 saturated heterocycles. The van der Waals surface area contributed by atoms with Crippen molar-refractivity contribution in [3.63, 3.8) is 0 Å². The second-order valence-electron chi connectivity index (χ2n) is 6.32. The normalized spacial score (nSPS) is 15.8. The quantitative estimate of drug-likeness (QED) is 0.672. The Balaban J connectivity index is 1.28. The van der Waals surface area contributed by atoms with E-state index in [1.165, 1.54) is 4.70 Å². The maximum Gasteiger partial charge on any atom is 0.240 e. The molecule has 1 N–H and O–H groups in total. The third-order valence-corrected chi connectivity index (χ3v) is 5.50. The maximum atomic E-state index is 5.28. The van der Waals surface area contributed by atoms with Gasteiger partial charge in [-0.3, -0.25) is 0 Å². The van der Waals surface area contributed by atoms with Gasteiger partial charge in [-0.05, 0) is 24.3 Å². The third-order valence-electron chi connectivity index (χ3n) is 4.60. The summed E-state index contributed by atoms with van der Waals surface area (Å²) in [4.78, 5) is 15.6. The first-order valence-corrected chi connectivity index (χ1v) is 9.68. The number of thiophene rings is 1. The fraction of sp³-hybridized carbons (Fsp3) is 0.529. The predicted octanol–water partition coefficient (Wildman–Crippen LogP) is 2.02. The number of nitrogens with one attached hydrogen (secondary N) is 1. The van der Waals surface area contributed by atoms with Crippen LogP contribution in [-0.4, -0.2) is 53.0 Å². The Hall–Kier alpha value is -2.10. The summed E-state index contributed by atoms with van der Waals surface area (Å²) in [5, 5.41) is 9.56. The average Bonchev–Trinajstić information content (AvgIpc) is 3.34. The number of methoxy groups -OCH3 is 1. The fourth-order valence-electron chi connectivity index (χ4n) is 3.19. The second-order valence-corrected chi connectivity index (χ2v) is 7.24. The second kappa shape index (κ2) is 8.07. The van der Waals surface area contributed by atoms with Crippen LogP contribution in [0.15, 0.2) is 22.3 Å². The Labute approximate surface area is 155 Å². The number of anilines is 1. The molecule has 138 valence electrons. The van der Waals surface area contributed by atoms with E-state index in [0.29, 0.717) is 37.3 Å². The number of piperidine rings is 1. The molecule has 26 heavy (non-hydrogen) atoms. The summed E-state index contributed by atoms with van der Waals surface area (Å²) in [5.41, 5.74) is 1.03. The van der Waals surface area contributed by atoms with Gasteiger partial charge in [0, 0.05) is 32.7 Å². The van der Waals surface area contributed by atoms with Crippen molar-refractivity contribution in [3.8, 4) is 0 Å². The van der Waals surface area contributed by atoms with Gasteiger partial charge in [-0.15, -0.1) is 11.3 Å². The van der Waals surface area contributed by atoms with Gasteiger partial charge in [-0.1, -0.05) is 5.16 Å². The van der Waals surface area contributed by atoms with Gasteiger partial charge in [0.1, 0.15) is 12.1 Å². The van der Waals surface area contributed by atoms with Gasteiger partial charge < -0.3 is 19.5 Å². The number of hydrogen-bond acceptors (Lipinski definition) is 9. The summed E-state index contributed by atoms with van der Waals surface area (Å²) in [6.45, 7) is 3.16. The van der Waals surface area contributed by atoms with Crippen molar-refractivity contribution in [1.29, 1.82) is 0 Å². The number of hydrogen-bond donors (Lipinski definition) is 1. The van der Waals surface area contributed by atoms with E-state index < -0.39 is 0 Å². The van der Waals surface area contributed by atoms with Crippen LogP contribution in [0.2, 0.25) is 0 Å². The molecule has 0 spiro atoms. The molecule has 4 rings (SSSR count). The Kier molecular flexibility index (Phi) is 5.37. The lowest BCUT2D eigenvalue weighted by Crippen LogP contribution is -2.42. The van der Waals surface area contributed by atoms with Crippen LogP contribution in [0.3, 0.4) is 0 Å². The maximum absolute atomic E-state index is 5.28. The smallest absolute Gasteiger partial charge is 0.240 e. The highest BCUT2D eigenvalue weighted by Gasteiger charge is 2.22. The molecular weight excluding hydrogens is 352 g/mol. The van der Waals surface area contributed by atoms with Gasteiger partial charge in [-0.25, -0.2) is 9.97 Å². The minimum atomic E-state index is 0.446. The predicted molar refractivity (Wildman–Crippen MR) is 99.4 cm³/mol. The van der Waals surface area contributed by atoms with Gasteiger partial charge in [-0.2, -0.15) is 4.98 Å². The number of rotatable bonds is 7. The molecule has 9 heteroatoms. The first-order chi connectivity index (χ1) is 12.8. The summed E-state index contributed by atoms with van der Waals surface area (Å²) in [7, 11) is 1.67. The molecule has 3 aromatic rings. The summed E-state index contributed by atoms with van der Waals surface area (Å²) < 4.78 is 11.5. The lowest BCUT2D eigenvalue weighted by molar-refractivity contribution is 0.199. The van der Waals surface area contributed by atoms with Crippen LogP contribution >= 0.6 is 11.3 Å². The van der Waals surface area contributed by atoms with E-state index in [1.807, 2.05) is 6.07 Å². The zero-order valence-electron chi connectivity index (χ0n) is 14.7. The molecule has 0 aliphatic carbocycles. The Morgan fingerprint density at radius 3 is 3.08 bits per heavy atom. The summed E-state index contributed by atoms with van der Waals surface area (Å²) in [6, 6.07) is 2.49. The highest BCUT2D eigenvalue weighted by molar-refractivity contribution is 7.17. The van der Waals surface area contributed by atoms with Gasteiger partial charge in [0.15, 0.2) is 5.82 Å². The van der Waals surface area contributed by atoms with Crippen LogP contribution in [-0.2, 0) is 17.7 Å². The van der Waals surface area contributed by atoms with Crippen LogP contribution in [0.1, 0.15) is 24.6 Å². The standard InChI is InChI=1S/C17H22N6O2S/c1-24-8-4-14-21-15(25-22-14)10-18-12-2-6-23(7-3-12)17-16-13(5-9-26-16)19-11-20-17/h5,9,11-12,18H,2-4,6-8,10H2,1H3. The topological polar surface area (TPSA) is 89.2 Å². The highest BCUT2D eigenvalue weighted by atomic mass is 32.1. The van der Waals surface area contributed by atoms with Gasteiger partial charge in [0.25, 0.3) is 0 Å². The van der Waals surface area contributed by atoms with E-state index in [2.05, 4.69) is 35.7 Å². The monoisotopic (exact) mass is 374 g/mol. The number of aromatic nitrogens is 4. The largest absolute Gasteiger partial charge is 0.384 e. The lowest BCUT2D eigenvalue weighted by Gasteiger charge is -2.33. The van der Waals surface area contributed by atoms with Crippen molar-refractivity contribution in [2.45, 2.75) is 31.8 Å². The van der Waals surface area contributed by atoms with Crippen molar-refractivity contribution in [2.24, 2.45) is 0 Å². The summed E-state index contributed by atoms with van der Waals surface area (Å²) in [5.74, 6) is 2.39. The first-order valence-electron chi connectivity index (χ1n) is 8.80. The molecule has 0 bridgehead atoms. The Morgan fingerprint density at radius 2 is 2.23 bits per heavy atom. The van der Waals surface area contributed by atoms with Crippen molar-refractivity contribution < 1.29 is 9.26 Å². The molecule has 0 atom stereocenters. The van der Waals surface area contributed by atoms with Gasteiger partial charge in [0.05, 0.1) is 23.4 Å². The van der Waals surface area contributed by atoms with Crippen LogP contribution in [0.5, 0.6) is 0 Å². The SMILES string of the molecule is COCCc1noc(CNC2CCN(c3ncnc4ccsc34)CC2)n1. The van der Waals surface area contributed by atoms with E-state index >= 15 is 0 Å². The van der Waals surface area contributed by atoms with Crippen LogP contribution < -0.4 is 10.2 Å². The van der Waals surface area contributed by atoms with Crippen molar-refractivity contribution in [1.82, 2.24) is 25.4 Å². The molecule has 0 radical (unpaired) electrons. The van der Waals surface area contributed by atoms with E-state index in [4.69, 9.17) is 9.26 Å². The number of nitrogens with zero attached hydrogens (tertiary/aromatic N) is 5. The van der Waals surface area contributed by atoms with Gasteiger partial charge >= 0.3 is 0 Å². The highest BCUT2D eigenvalue weighted by Crippen LogP contribution is 2.29. The van der Waals surface area contributed by atoms with E-state index in [0.717, 1.165) is 37.3 Å². The minimum Gasteiger partial charge on any atom is -0.384 e. The Morgan fingerprint density at radius 1 is 1.35 bits per heavy atom. The van der Waals surface area contributed by atoms with Crippen LogP contribution in [0.4, 0.5) is 5.82 Å². The molecular formula is C17H22N6O2S. The fourth-order valence-corrected chi connectivity index (χ4v) is 4.05. The molecule has 0 unspecified atom stereocenters. The summed E-state index contributed by atoms with van der Waals surface area (Å²) in [6.07, 6.45) is 4.45. The van der Waals surface area contributed by atoms with Crippen LogP contribution in [0, 0.1) is 0 Å². The molecule has 8 nitrogen and oxygen atoms in total. The van der Waals surface area contributed by atoms with Crippen molar-refractivity contribution in [3.05, 3.63) is 29.5 Å². The molecule has 0 saturated carbocycles. The lowest BCUT2D eigenvalue weighted by atomic mass is 10.1. The third kappa shape index (κ3) is 3.84. The molecule has 1 fully saturated rings. The molecule has 1 aliphatic rings. The Bertz CT molecular complexity index is 843. The van der Waals surface area contributed by atoms with E-state index in [-0.39, 0.29) is 0 Å². The minimum absolute atomic E-state index is 0.446. The zero-order chi connectivity index (χ0) is 17.8. The van der Waals surface area contributed by atoms with E-state index in [9.17, 15) is 0 Å². The first kappa shape index (κ1) is 17.3. The summed E-state index contributed by atoms with van der Waals surface area (Å²) >= 11 is 1.70. The number of ether oxygens (including phenoxy) is 1. The molecule has 4 heterocycles.